The van der Waals surface area contributed by atoms with Gasteiger partial charge in [0.1, 0.15) is 11.5 Å². The van der Waals surface area contributed by atoms with Gasteiger partial charge >= 0.3 is 0 Å². The third-order valence-electron chi connectivity index (χ3n) is 5.34. The zero-order valence-electron chi connectivity index (χ0n) is 16.4. The van der Waals surface area contributed by atoms with Gasteiger partial charge in [0.2, 0.25) is 5.43 Å². The molecule has 2 aromatic carbocycles. The molecule has 1 aromatic heterocycles. The number of phenols is 2. The highest BCUT2D eigenvalue weighted by Crippen LogP contribution is 2.36. The fourth-order valence-corrected chi connectivity index (χ4v) is 3.77. The lowest BCUT2D eigenvalue weighted by Crippen LogP contribution is -2.18. The third kappa shape index (κ3) is 3.70. The molecule has 0 bridgehead atoms. The van der Waals surface area contributed by atoms with Gasteiger partial charge < -0.3 is 19.9 Å². The van der Waals surface area contributed by atoms with Crippen molar-refractivity contribution in [3.8, 4) is 28.5 Å². The molecule has 0 spiro atoms. The van der Waals surface area contributed by atoms with E-state index in [1.807, 2.05) is 34.9 Å². The predicted octanol–water partition coefficient (Wildman–Crippen LogP) is 5.00. The maximum atomic E-state index is 12.8. The van der Waals surface area contributed by atoms with Crippen molar-refractivity contribution in [2.24, 2.45) is 5.92 Å². The van der Waals surface area contributed by atoms with Crippen molar-refractivity contribution in [1.82, 2.24) is 4.57 Å². The second-order valence-corrected chi connectivity index (χ2v) is 7.28. The number of fused-ring (bicyclic) bond motifs is 1. The van der Waals surface area contributed by atoms with E-state index in [-0.39, 0.29) is 22.6 Å². The van der Waals surface area contributed by atoms with Crippen molar-refractivity contribution in [3.05, 3.63) is 52.7 Å². The lowest BCUT2D eigenvalue weighted by atomic mass is 9.97. The average Bonchev–Trinajstić information content (AvgIpc) is 2.69. The van der Waals surface area contributed by atoms with Crippen LogP contribution in [0.5, 0.6) is 17.2 Å². The Hall–Kier alpha value is -2.95. The molecule has 1 unspecified atom stereocenters. The first-order chi connectivity index (χ1) is 13.5. The third-order valence-corrected chi connectivity index (χ3v) is 5.34. The summed E-state index contributed by atoms with van der Waals surface area (Å²) in [5.41, 5.74) is 0.920. The van der Waals surface area contributed by atoms with E-state index in [4.69, 9.17) is 0 Å². The molecule has 0 saturated heterocycles. The van der Waals surface area contributed by atoms with Crippen LogP contribution in [0.15, 0.2) is 47.3 Å². The maximum Gasteiger partial charge on any atom is 0.235 e. The number of unbranched alkanes of at least 4 members (excludes halogenated alkanes) is 1. The monoisotopic (exact) mass is 381 g/mol. The molecule has 0 aliphatic carbocycles. The Morgan fingerprint density at radius 3 is 2.39 bits per heavy atom. The normalized spacial score (nSPS) is 12.4. The number of aromatic hydroxyl groups is 3. The molecule has 3 N–H and O–H groups in total. The largest absolute Gasteiger partial charge is 0.508 e. The van der Waals surface area contributed by atoms with Gasteiger partial charge in [0.15, 0.2) is 5.75 Å². The molecule has 1 atom stereocenters. The van der Waals surface area contributed by atoms with Crippen molar-refractivity contribution in [1.29, 1.82) is 0 Å². The van der Waals surface area contributed by atoms with E-state index in [1.54, 1.807) is 0 Å². The van der Waals surface area contributed by atoms with E-state index in [0.29, 0.717) is 29.2 Å². The molecule has 0 fully saturated rings. The van der Waals surface area contributed by atoms with E-state index in [2.05, 4.69) is 13.8 Å². The second kappa shape index (κ2) is 8.38. The number of pyridine rings is 1. The van der Waals surface area contributed by atoms with Crippen LogP contribution in [0.3, 0.4) is 0 Å². The van der Waals surface area contributed by atoms with Crippen molar-refractivity contribution < 1.29 is 15.3 Å². The minimum Gasteiger partial charge on any atom is -0.508 e. The lowest BCUT2D eigenvalue weighted by molar-refractivity contribution is 0.391. The molecule has 0 aliphatic heterocycles. The predicted molar refractivity (Wildman–Crippen MR) is 112 cm³/mol. The standard InChI is InChI=1S/C23H27NO4/c1-3-5-9-15(4-2)14-24-18-12-17(25)13-19(26)20(18)22(27)23(28)21(24)16-10-7-6-8-11-16/h6-8,10-13,15,25-26,28H,3-5,9,14H2,1-2H3. The highest BCUT2D eigenvalue weighted by molar-refractivity contribution is 5.91. The molecule has 0 radical (unpaired) electrons. The SMILES string of the molecule is CCCCC(CC)Cn1c(-c2ccccc2)c(O)c(=O)c2c(O)cc(O)cc21. The van der Waals surface area contributed by atoms with E-state index in [1.165, 1.54) is 6.07 Å². The first-order valence-electron chi connectivity index (χ1n) is 9.84. The first-order valence-corrected chi connectivity index (χ1v) is 9.84. The fourth-order valence-electron chi connectivity index (χ4n) is 3.77. The molecule has 5 heteroatoms. The quantitative estimate of drug-likeness (QED) is 0.538. The summed E-state index contributed by atoms with van der Waals surface area (Å²) in [5, 5.41) is 31.1. The molecule has 0 aliphatic rings. The average molecular weight is 381 g/mol. The Labute approximate surface area is 164 Å². The van der Waals surface area contributed by atoms with Crippen molar-refractivity contribution in [2.75, 3.05) is 0 Å². The summed E-state index contributed by atoms with van der Waals surface area (Å²) in [6.07, 6.45) is 4.17. The Kier molecular flexibility index (Phi) is 5.93. The number of phenolic OH excluding ortho intramolecular Hbond substituents is 2. The Morgan fingerprint density at radius 1 is 1.04 bits per heavy atom. The summed E-state index contributed by atoms with van der Waals surface area (Å²) in [4.78, 5) is 12.8. The molecule has 148 valence electrons. The van der Waals surface area contributed by atoms with E-state index in [0.717, 1.165) is 31.7 Å². The van der Waals surface area contributed by atoms with Crippen LogP contribution in [-0.4, -0.2) is 19.9 Å². The van der Waals surface area contributed by atoms with E-state index in [9.17, 15) is 20.1 Å². The van der Waals surface area contributed by atoms with Gasteiger partial charge in [0.05, 0.1) is 16.6 Å². The lowest BCUT2D eigenvalue weighted by Gasteiger charge is -2.23. The van der Waals surface area contributed by atoms with Crippen LogP contribution < -0.4 is 5.43 Å². The van der Waals surface area contributed by atoms with Gasteiger partial charge in [-0.15, -0.1) is 0 Å². The van der Waals surface area contributed by atoms with Gasteiger partial charge in [-0.25, -0.2) is 0 Å². The molecule has 3 rings (SSSR count). The Balaban J connectivity index is 2.33. The smallest absolute Gasteiger partial charge is 0.235 e. The first kappa shape index (κ1) is 19.8. The van der Waals surface area contributed by atoms with Gasteiger partial charge in [-0.3, -0.25) is 4.79 Å². The molecule has 5 nitrogen and oxygen atoms in total. The van der Waals surface area contributed by atoms with Gasteiger partial charge in [-0.05, 0) is 12.3 Å². The summed E-state index contributed by atoms with van der Waals surface area (Å²) in [6.45, 7) is 4.86. The number of aromatic nitrogens is 1. The Morgan fingerprint density at radius 2 is 1.75 bits per heavy atom. The van der Waals surface area contributed by atoms with E-state index >= 15 is 0 Å². The van der Waals surface area contributed by atoms with Crippen LogP contribution in [0, 0.1) is 5.92 Å². The maximum absolute atomic E-state index is 12.8. The second-order valence-electron chi connectivity index (χ2n) is 7.28. The number of nitrogens with zero attached hydrogens (tertiary/aromatic N) is 1. The summed E-state index contributed by atoms with van der Waals surface area (Å²) < 4.78 is 1.87. The minimum atomic E-state index is -0.635. The fraction of sp³-hybridized carbons (Fsp3) is 0.348. The van der Waals surface area contributed by atoms with Gasteiger partial charge in [-0.2, -0.15) is 0 Å². The molecular formula is C23H27NO4. The zero-order valence-corrected chi connectivity index (χ0v) is 16.4. The summed E-state index contributed by atoms with van der Waals surface area (Å²) >= 11 is 0. The zero-order chi connectivity index (χ0) is 20.3. The molecular weight excluding hydrogens is 354 g/mol. The molecule has 0 saturated carbocycles. The van der Waals surface area contributed by atoms with Crippen LogP contribution in [0.4, 0.5) is 0 Å². The molecule has 3 aromatic rings. The highest BCUT2D eigenvalue weighted by atomic mass is 16.3. The summed E-state index contributed by atoms with van der Waals surface area (Å²) in [6, 6.07) is 11.9. The summed E-state index contributed by atoms with van der Waals surface area (Å²) in [5.74, 6) is -0.489. The number of rotatable bonds is 7. The highest BCUT2D eigenvalue weighted by Gasteiger charge is 2.22. The van der Waals surface area contributed by atoms with Gasteiger partial charge in [0.25, 0.3) is 0 Å². The van der Waals surface area contributed by atoms with E-state index < -0.39 is 5.43 Å². The number of hydrogen-bond acceptors (Lipinski definition) is 4. The Bertz CT molecular complexity index is 1020. The number of benzene rings is 2. The van der Waals surface area contributed by atoms with Gasteiger partial charge in [0, 0.05) is 24.2 Å². The number of hydrogen-bond donors (Lipinski definition) is 3. The molecule has 0 amide bonds. The topological polar surface area (TPSA) is 82.7 Å². The van der Waals surface area contributed by atoms with Crippen LogP contribution >= 0.6 is 0 Å². The summed E-state index contributed by atoms with van der Waals surface area (Å²) in [7, 11) is 0. The van der Waals surface area contributed by atoms with Crippen molar-refractivity contribution in [2.45, 2.75) is 46.1 Å². The minimum absolute atomic E-state index is 0.0281. The van der Waals surface area contributed by atoms with Crippen molar-refractivity contribution >= 4 is 10.9 Å². The van der Waals surface area contributed by atoms with Gasteiger partial charge in [-0.1, -0.05) is 63.4 Å². The molecule has 1 heterocycles. The van der Waals surface area contributed by atoms with Crippen LogP contribution in [0.25, 0.3) is 22.2 Å². The molecule has 28 heavy (non-hydrogen) atoms. The van der Waals surface area contributed by atoms with Crippen LogP contribution in [-0.2, 0) is 6.54 Å². The van der Waals surface area contributed by atoms with Crippen LogP contribution in [0.1, 0.15) is 39.5 Å². The van der Waals surface area contributed by atoms with Crippen molar-refractivity contribution in [3.63, 3.8) is 0 Å². The van der Waals surface area contributed by atoms with Crippen LogP contribution in [0.2, 0.25) is 0 Å².